The van der Waals surface area contributed by atoms with Gasteiger partial charge in [0, 0.05) is 11.6 Å². The van der Waals surface area contributed by atoms with Crippen LogP contribution in [0.1, 0.15) is 27.0 Å². The summed E-state index contributed by atoms with van der Waals surface area (Å²) in [4.78, 5) is 24.5. The van der Waals surface area contributed by atoms with Gasteiger partial charge in [0.25, 0.3) is 5.91 Å². The summed E-state index contributed by atoms with van der Waals surface area (Å²) in [6.45, 7) is -0.0555. The van der Waals surface area contributed by atoms with Crippen molar-refractivity contribution in [3.8, 4) is 0 Å². The van der Waals surface area contributed by atoms with Gasteiger partial charge in [0.05, 0.1) is 5.56 Å². The van der Waals surface area contributed by atoms with Gasteiger partial charge >= 0.3 is 5.97 Å². The fourth-order valence-electron chi connectivity index (χ4n) is 2.96. The first-order valence-corrected chi connectivity index (χ1v) is 9.80. The van der Waals surface area contributed by atoms with E-state index in [2.05, 4.69) is 17.4 Å². The SMILES string of the molecule is O=C(COC(=O)c1ccccc1CCc1ccccc1)NCc1ccccc1Cl. The minimum absolute atomic E-state index is 0.281. The Kier molecular flexibility index (Phi) is 7.42. The quantitative estimate of drug-likeness (QED) is 0.555. The largest absolute Gasteiger partial charge is 0.452 e. The molecule has 0 fully saturated rings. The number of ether oxygens (including phenoxy) is 1. The molecular formula is C24H22ClNO3. The minimum atomic E-state index is -0.499. The summed E-state index contributed by atoms with van der Waals surface area (Å²) >= 11 is 6.07. The van der Waals surface area contributed by atoms with Gasteiger partial charge in [0.1, 0.15) is 0 Å². The molecule has 3 aromatic carbocycles. The van der Waals surface area contributed by atoms with Crippen LogP contribution in [0.2, 0.25) is 5.02 Å². The molecule has 0 aliphatic carbocycles. The molecular weight excluding hydrogens is 386 g/mol. The maximum Gasteiger partial charge on any atom is 0.338 e. The number of halogens is 1. The lowest BCUT2D eigenvalue weighted by molar-refractivity contribution is -0.124. The number of esters is 1. The molecule has 0 atom stereocenters. The van der Waals surface area contributed by atoms with Crippen molar-refractivity contribution in [2.45, 2.75) is 19.4 Å². The Bertz CT molecular complexity index is 973. The molecule has 0 spiro atoms. The number of carbonyl (C=O) groups is 2. The van der Waals surface area contributed by atoms with Crippen molar-refractivity contribution >= 4 is 23.5 Å². The van der Waals surface area contributed by atoms with Crippen molar-refractivity contribution in [2.75, 3.05) is 6.61 Å². The van der Waals surface area contributed by atoms with Crippen LogP contribution in [-0.4, -0.2) is 18.5 Å². The molecule has 29 heavy (non-hydrogen) atoms. The minimum Gasteiger partial charge on any atom is -0.452 e. The molecule has 1 N–H and O–H groups in total. The van der Waals surface area contributed by atoms with Crippen molar-refractivity contribution in [1.82, 2.24) is 5.32 Å². The van der Waals surface area contributed by atoms with Crippen LogP contribution in [0.15, 0.2) is 78.9 Å². The molecule has 0 radical (unpaired) electrons. The van der Waals surface area contributed by atoms with Crippen molar-refractivity contribution in [3.63, 3.8) is 0 Å². The highest BCUT2D eigenvalue weighted by atomic mass is 35.5. The molecule has 5 heteroatoms. The standard InChI is InChI=1S/C24H22ClNO3/c25-22-13-7-5-11-20(22)16-26-23(27)17-29-24(28)21-12-6-4-10-19(21)15-14-18-8-2-1-3-9-18/h1-13H,14-17H2,(H,26,27). The summed E-state index contributed by atoms with van der Waals surface area (Å²) in [7, 11) is 0. The normalized spacial score (nSPS) is 10.4. The third kappa shape index (κ3) is 6.19. The highest BCUT2D eigenvalue weighted by Gasteiger charge is 2.14. The fraction of sp³-hybridized carbons (Fsp3) is 0.167. The zero-order valence-electron chi connectivity index (χ0n) is 15.9. The van der Waals surface area contributed by atoms with Gasteiger partial charge in [-0.25, -0.2) is 4.79 Å². The fourth-order valence-corrected chi connectivity index (χ4v) is 3.16. The van der Waals surface area contributed by atoms with Crippen molar-refractivity contribution < 1.29 is 14.3 Å². The second-order valence-electron chi connectivity index (χ2n) is 6.59. The van der Waals surface area contributed by atoms with E-state index in [1.54, 1.807) is 18.2 Å². The Morgan fingerprint density at radius 2 is 1.45 bits per heavy atom. The smallest absolute Gasteiger partial charge is 0.338 e. The molecule has 0 aliphatic rings. The molecule has 0 aliphatic heterocycles. The zero-order valence-corrected chi connectivity index (χ0v) is 16.7. The highest BCUT2D eigenvalue weighted by Crippen LogP contribution is 2.15. The van der Waals surface area contributed by atoms with E-state index < -0.39 is 5.97 Å². The number of nitrogens with one attached hydrogen (secondary N) is 1. The highest BCUT2D eigenvalue weighted by molar-refractivity contribution is 6.31. The van der Waals surface area contributed by atoms with E-state index in [0.29, 0.717) is 17.0 Å². The first-order chi connectivity index (χ1) is 14.1. The van der Waals surface area contributed by atoms with Crippen molar-refractivity contribution in [1.29, 1.82) is 0 Å². The average molecular weight is 408 g/mol. The maximum atomic E-state index is 12.5. The number of amides is 1. The lowest BCUT2D eigenvalue weighted by Crippen LogP contribution is -2.28. The van der Waals surface area contributed by atoms with E-state index in [0.717, 1.165) is 17.5 Å². The first kappa shape index (κ1) is 20.6. The number of benzene rings is 3. The summed E-state index contributed by atoms with van der Waals surface area (Å²) < 4.78 is 5.22. The van der Waals surface area contributed by atoms with E-state index in [9.17, 15) is 9.59 Å². The molecule has 3 rings (SSSR count). The first-order valence-electron chi connectivity index (χ1n) is 9.42. The number of hydrogen-bond acceptors (Lipinski definition) is 3. The van der Waals surface area contributed by atoms with Crippen LogP contribution >= 0.6 is 11.6 Å². The number of aryl methyl sites for hydroxylation is 2. The van der Waals surface area contributed by atoms with Crippen LogP contribution in [0.3, 0.4) is 0 Å². The molecule has 0 heterocycles. The lowest BCUT2D eigenvalue weighted by Gasteiger charge is -2.10. The van der Waals surface area contributed by atoms with E-state index in [-0.39, 0.29) is 19.1 Å². The van der Waals surface area contributed by atoms with Crippen LogP contribution in [0, 0.1) is 0 Å². The lowest BCUT2D eigenvalue weighted by atomic mass is 10.00. The maximum absolute atomic E-state index is 12.5. The summed E-state index contributed by atoms with van der Waals surface area (Å²) in [6, 6.07) is 24.7. The monoisotopic (exact) mass is 407 g/mol. The molecule has 0 saturated heterocycles. The second-order valence-corrected chi connectivity index (χ2v) is 6.99. The van der Waals surface area contributed by atoms with Gasteiger partial charge in [-0.15, -0.1) is 0 Å². The van der Waals surface area contributed by atoms with E-state index in [1.807, 2.05) is 48.5 Å². The van der Waals surface area contributed by atoms with Gasteiger partial charge in [0.2, 0.25) is 0 Å². The molecule has 3 aromatic rings. The van der Waals surface area contributed by atoms with Crippen molar-refractivity contribution in [2.24, 2.45) is 0 Å². The topological polar surface area (TPSA) is 55.4 Å². The average Bonchev–Trinajstić information content (AvgIpc) is 2.76. The number of hydrogen-bond donors (Lipinski definition) is 1. The molecule has 4 nitrogen and oxygen atoms in total. The van der Waals surface area contributed by atoms with E-state index in [1.165, 1.54) is 5.56 Å². The molecule has 0 unspecified atom stereocenters. The molecule has 1 amide bonds. The Morgan fingerprint density at radius 1 is 0.793 bits per heavy atom. The van der Waals surface area contributed by atoms with Gasteiger partial charge in [-0.2, -0.15) is 0 Å². The van der Waals surface area contributed by atoms with Crippen molar-refractivity contribution in [3.05, 3.63) is 106 Å². The summed E-state index contributed by atoms with van der Waals surface area (Å²) in [5, 5.41) is 3.29. The van der Waals surface area contributed by atoms with Crippen LogP contribution < -0.4 is 5.32 Å². The predicted octanol–water partition coefficient (Wildman–Crippen LogP) is 4.60. The second kappa shape index (κ2) is 10.4. The van der Waals surface area contributed by atoms with Gasteiger partial charge in [-0.1, -0.05) is 78.3 Å². The summed E-state index contributed by atoms with van der Waals surface area (Å²) in [5.74, 6) is -0.874. The van der Waals surface area contributed by atoms with Gasteiger partial charge in [-0.3, -0.25) is 4.79 Å². The summed E-state index contributed by atoms with van der Waals surface area (Å²) in [5.41, 5.74) is 3.40. The van der Waals surface area contributed by atoms with E-state index in [4.69, 9.17) is 16.3 Å². The van der Waals surface area contributed by atoms with Crippen LogP contribution in [0.5, 0.6) is 0 Å². The van der Waals surface area contributed by atoms with Gasteiger partial charge in [0.15, 0.2) is 6.61 Å². The summed E-state index contributed by atoms with van der Waals surface area (Å²) in [6.07, 6.45) is 1.54. The van der Waals surface area contributed by atoms with Crippen LogP contribution in [0.25, 0.3) is 0 Å². The predicted molar refractivity (Wildman–Crippen MR) is 114 cm³/mol. The Hall–Kier alpha value is -3.11. The van der Waals surface area contributed by atoms with Gasteiger partial charge < -0.3 is 10.1 Å². The zero-order chi connectivity index (χ0) is 20.5. The van der Waals surface area contributed by atoms with E-state index >= 15 is 0 Å². The Balaban J connectivity index is 1.52. The third-order valence-electron chi connectivity index (χ3n) is 4.53. The molecule has 0 bridgehead atoms. The molecule has 148 valence electrons. The van der Waals surface area contributed by atoms with Gasteiger partial charge in [-0.05, 0) is 41.7 Å². The van der Waals surface area contributed by atoms with Crippen LogP contribution in [0.4, 0.5) is 0 Å². The van der Waals surface area contributed by atoms with Crippen LogP contribution in [-0.2, 0) is 28.9 Å². The molecule has 0 aromatic heterocycles. The number of rotatable bonds is 8. The third-order valence-corrected chi connectivity index (χ3v) is 4.90. The molecule has 0 saturated carbocycles. The Labute approximate surface area is 175 Å². The number of carbonyl (C=O) groups excluding carboxylic acids is 2. The Morgan fingerprint density at radius 3 is 2.21 bits per heavy atom.